The summed E-state index contributed by atoms with van der Waals surface area (Å²) in [6, 6.07) is 2.66. The summed E-state index contributed by atoms with van der Waals surface area (Å²) in [6.07, 6.45) is 1.34. The van der Waals surface area contributed by atoms with Gasteiger partial charge in [-0.3, -0.25) is 10.1 Å². The predicted octanol–water partition coefficient (Wildman–Crippen LogP) is 1.71. The van der Waals surface area contributed by atoms with Gasteiger partial charge in [-0.2, -0.15) is 0 Å². The normalized spacial score (nSPS) is 10.8. The lowest BCUT2D eigenvalue weighted by molar-refractivity contribution is -0.386. The number of pyridine rings is 1. The lowest BCUT2D eigenvalue weighted by Crippen LogP contribution is -2.27. The maximum Gasteiger partial charge on any atom is 0.344 e. The molecule has 0 bridgehead atoms. The maximum atomic E-state index is 11.4. The number of carbonyl (C=O) groups excluding carboxylic acids is 1. The molecule has 0 aliphatic heterocycles. The van der Waals surface area contributed by atoms with Crippen LogP contribution in [0.4, 0.5) is 5.69 Å². The van der Waals surface area contributed by atoms with Crippen LogP contribution in [0.3, 0.4) is 0 Å². The molecule has 0 atom stereocenters. The van der Waals surface area contributed by atoms with Crippen molar-refractivity contribution in [2.24, 2.45) is 0 Å². The van der Waals surface area contributed by atoms with Crippen molar-refractivity contribution in [1.29, 1.82) is 0 Å². The molecule has 0 aliphatic carbocycles. The Kier molecular flexibility index (Phi) is 4.19. The molecule has 7 heteroatoms. The van der Waals surface area contributed by atoms with Crippen molar-refractivity contribution in [3.63, 3.8) is 0 Å². The maximum absolute atomic E-state index is 11.4. The summed E-state index contributed by atoms with van der Waals surface area (Å²) in [7, 11) is 0. The molecular formula is C11H14N2O5. The first-order valence-electron chi connectivity index (χ1n) is 5.23. The minimum atomic E-state index is -0.628. The first kappa shape index (κ1) is 13.9. The van der Waals surface area contributed by atoms with Gasteiger partial charge in [-0.15, -0.1) is 0 Å². The fourth-order valence-corrected chi connectivity index (χ4v) is 1.13. The molecule has 0 saturated carbocycles. The van der Waals surface area contributed by atoms with Gasteiger partial charge >= 0.3 is 11.7 Å². The molecule has 1 heterocycles. The highest BCUT2D eigenvalue weighted by molar-refractivity contribution is 5.71. The second kappa shape index (κ2) is 5.44. The Labute approximate surface area is 104 Å². The van der Waals surface area contributed by atoms with E-state index in [0.717, 1.165) is 0 Å². The van der Waals surface area contributed by atoms with E-state index in [-0.39, 0.29) is 11.6 Å². The standard InChI is InChI=1S/C11H14N2O5/c1-11(2,3)18-9(14)7-17-10-8(13(15)16)5-4-6-12-10/h4-6H,7H2,1-3H3. The quantitative estimate of drug-likeness (QED) is 0.461. The Morgan fingerprint density at radius 1 is 1.50 bits per heavy atom. The second-order valence-electron chi connectivity index (χ2n) is 4.46. The van der Waals surface area contributed by atoms with Crippen molar-refractivity contribution in [1.82, 2.24) is 4.98 Å². The first-order chi connectivity index (χ1) is 8.29. The van der Waals surface area contributed by atoms with E-state index in [9.17, 15) is 14.9 Å². The Balaban J connectivity index is 2.64. The summed E-state index contributed by atoms with van der Waals surface area (Å²) >= 11 is 0. The smallest absolute Gasteiger partial charge is 0.344 e. The SMILES string of the molecule is CC(C)(C)OC(=O)COc1ncccc1[N+](=O)[O-]. The lowest BCUT2D eigenvalue weighted by atomic mass is 10.2. The van der Waals surface area contributed by atoms with Crippen molar-refractivity contribution in [3.05, 3.63) is 28.4 Å². The molecule has 0 radical (unpaired) electrons. The molecule has 0 aliphatic rings. The fourth-order valence-electron chi connectivity index (χ4n) is 1.13. The monoisotopic (exact) mass is 254 g/mol. The fraction of sp³-hybridized carbons (Fsp3) is 0.455. The Hall–Kier alpha value is -2.18. The zero-order valence-corrected chi connectivity index (χ0v) is 10.4. The molecule has 18 heavy (non-hydrogen) atoms. The van der Waals surface area contributed by atoms with E-state index < -0.39 is 23.1 Å². The van der Waals surface area contributed by atoms with Gasteiger partial charge in [0.15, 0.2) is 6.61 Å². The van der Waals surface area contributed by atoms with Crippen LogP contribution >= 0.6 is 0 Å². The third kappa shape index (κ3) is 4.36. The van der Waals surface area contributed by atoms with Gasteiger partial charge in [-0.25, -0.2) is 9.78 Å². The summed E-state index contributed by atoms with van der Waals surface area (Å²) in [4.78, 5) is 25.1. The van der Waals surface area contributed by atoms with Crippen LogP contribution in [0, 0.1) is 10.1 Å². The number of nitro groups is 1. The molecule has 0 aromatic carbocycles. The van der Waals surface area contributed by atoms with Gasteiger partial charge in [-0.05, 0) is 26.8 Å². The average Bonchev–Trinajstić information content (AvgIpc) is 2.24. The van der Waals surface area contributed by atoms with Crippen LogP contribution in [0.5, 0.6) is 5.88 Å². The van der Waals surface area contributed by atoms with Crippen molar-refractivity contribution in [3.8, 4) is 5.88 Å². The Morgan fingerprint density at radius 3 is 2.72 bits per heavy atom. The number of hydrogen-bond acceptors (Lipinski definition) is 6. The Morgan fingerprint density at radius 2 is 2.17 bits per heavy atom. The van der Waals surface area contributed by atoms with E-state index in [2.05, 4.69) is 4.98 Å². The number of esters is 1. The molecule has 0 saturated heterocycles. The summed E-state index contributed by atoms with van der Waals surface area (Å²) in [5, 5.41) is 10.7. The molecule has 0 unspecified atom stereocenters. The third-order valence-electron chi connectivity index (χ3n) is 1.69. The highest BCUT2D eigenvalue weighted by Gasteiger charge is 2.20. The summed E-state index contributed by atoms with van der Waals surface area (Å²) in [6.45, 7) is 4.73. The van der Waals surface area contributed by atoms with Crippen LogP contribution in [-0.4, -0.2) is 28.1 Å². The van der Waals surface area contributed by atoms with Crippen molar-refractivity contribution in [2.75, 3.05) is 6.61 Å². The van der Waals surface area contributed by atoms with E-state index in [1.807, 2.05) is 0 Å². The van der Waals surface area contributed by atoms with Gasteiger partial charge in [0.05, 0.1) is 4.92 Å². The van der Waals surface area contributed by atoms with Crippen molar-refractivity contribution >= 4 is 11.7 Å². The van der Waals surface area contributed by atoms with Gasteiger partial charge in [0.2, 0.25) is 0 Å². The number of hydrogen-bond donors (Lipinski definition) is 0. The summed E-state index contributed by atoms with van der Waals surface area (Å²) in [5.74, 6) is -0.809. The average molecular weight is 254 g/mol. The molecular weight excluding hydrogens is 240 g/mol. The van der Waals surface area contributed by atoms with Crippen LogP contribution in [0.1, 0.15) is 20.8 Å². The zero-order chi connectivity index (χ0) is 13.8. The molecule has 7 nitrogen and oxygen atoms in total. The summed E-state index contributed by atoms with van der Waals surface area (Å²) in [5.41, 5.74) is -0.919. The van der Waals surface area contributed by atoms with E-state index in [1.165, 1.54) is 18.3 Å². The van der Waals surface area contributed by atoms with E-state index in [1.54, 1.807) is 20.8 Å². The zero-order valence-electron chi connectivity index (χ0n) is 10.4. The largest absolute Gasteiger partial charge is 0.461 e. The van der Waals surface area contributed by atoms with Gasteiger partial charge in [0, 0.05) is 12.3 Å². The third-order valence-corrected chi connectivity index (χ3v) is 1.69. The van der Waals surface area contributed by atoms with Gasteiger partial charge < -0.3 is 9.47 Å². The van der Waals surface area contributed by atoms with Crippen LogP contribution in [0.2, 0.25) is 0 Å². The number of nitrogens with zero attached hydrogens (tertiary/aromatic N) is 2. The molecule has 1 aromatic rings. The molecule has 98 valence electrons. The van der Waals surface area contributed by atoms with Crippen LogP contribution in [-0.2, 0) is 9.53 Å². The lowest BCUT2D eigenvalue weighted by Gasteiger charge is -2.19. The Bertz CT molecular complexity index is 453. The topological polar surface area (TPSA) is 91.6 Å². The number of aromatic nitrogens is 1. The van der Waals surface area contributed by atoms with E-state index in [4.69, 9.17) is 9.47 Å². The molecule has 0 N–H and O–H groups in total. The minimum absolute atomic E-state index is 0.201. The second-order valence-corrected chi connectivity index (χ2v) is 4.46. The summed E-state index contributed by atoms with van der Waals surface area (Å²) < 4.78 is 9.98. The number of ether oxygens (including phenoxy) is 2. The van der Waals surface area contributed by atoms with E-state index in [0.29, 0.717) is 0 Å². The predicted molar refractivity (Wildman–Crippen MR) is 62.2 cm³/mol. The molecule has 0 amide bonds. The molecule has 0 fully saturated rings. The molecule has 1 rings (SSSR count). The van der Waals surface area contributed by atoms with Crippen molar-refractivity contribution < 1.29 is 19.2 Å². The highest BCUT2D eigenvalue weighted by atomic mass is 16.6. The van der Waals surface area contributed by atoms with Crippen LogP contribution < -0.4 is 4.74 Å². The van der Waals surface area contributed by atoms with Crippen LogP contribution in [0.15, 0.2) is 18.3 Å². The molecule has 0 spiro atoms. The molecule has 1 aromatic heterocycles. The minimum Gasteiger partial charge on any atom is -0.461 e. The first-order valence-corrected chi connectivity index (χ1v) is 5.23. The van der Waals surface area contributed by atoms with Gasteiger partial charge in [0.25, 0.3) is 5.88 Å². The van der Waals surface area contributed by atoms with E-state index >= 15 is 0 Å². The van der Waals surface area contributed by atoms with Crippen LogP contribution in [0.25, 0.3) is 0 Å². The van der Waals surface area contributed by atoms with Gasteiger partial charge in [0.1, 0.15) is 5.60 Å². The van der Waals surface area contributed by atoms with Gasteiger partial charge in [-0.1, -0.05) is 0 Å². The highest BCUT2D eigenvalue weighted by Crippen LogP contribution is 2.22. The number of rotatable bonds is 4. The van der Waals surface area contributed by atoms with Crippen molar-refractivity contribution in [2.45, 2.75) is 26.4 Å². The number of carbonyl (C=O) groups is 1.